The predicted molar refractivity (Wildman–Crippen MR) is 111 cm³/mol. The molecule has 2 bridgehead atoms. The Balaban J connectivity index is 0.000000221. The first-order valence-electron chi connectivity index (χ1n) is 10.0. The summed E-state index contributed by atoms with van der Waals surface area (Å²) in [6, 6.07) is 11.7. The van der Waals surface area contributed by atoms with E-state index in [-0.39, 0.29) is 5.92 Å². The summed E-state index contributed by atoms with van der Waals surface area (Å²) in [5.41, 5.74) is 1.29. The van der Waals surface area contributed by atoms with Crippen molar-refractivity contribution in [2.24, 2.45) is 13.0 Å². The van der Waals surface area contributed by atoms with Crippen molar-refractivity contribution < 1.29 is 10.2 Å². The molecule has 5 rings (SSSR count). The lowest BCUT2D eigenvalue weighted by atomic mass is 9.71. The average Bonchev–Trinajstić information content (AvgIpc) is 3.06. The first kappa shape index (κ1) is 22.7. The van der Waals surface area contributed by atoms with Gasteiger partial charge in [0.2, 0.25) is 0 Å². The monoisotopic (exact) mass is 362 g/mol. The number of rotatable bonds is 1. The van der Waals surface area contributed by atoms with Crippen molar-refractivity contribution in [2.45, 2.75) is 71.8 Å². The minimum Gasteiger partial charge on any atom is -0.366 e. The van der Waals surface area contributed by atoms with Gasteiger partial charge in [-0.2, -0.15) is 0 Å². The fraction of sp³-hybridized carbons (Fsp3) is 0.636. The van der Waals surface area contributed by atoms with Gasteiger partial charge < -0.3 is 19.7 Å². The van der Waals surface area contributed by atoms with Crippen molar-refractivity contribution >= 4 is 10.9 Å². The zero-order chi connectivity index (χ0) is 19.9. The van der Waals surface area contributed by atoms with Gasteiger partial charge in [-0.1, -0.05) is 45.9 Å². The SMILES string of the molecule is CC.CC.CN1C2CC1CC(C(C)(O)O)C2.Cn1ccc2ccccc21. The molecule has 2 unspecified atom stereocenters. The van der Waals surface area contributed by atoms with E-state index in [2.05, 4.69) is 60.1 Å². The van der Waals surface area contributed by atoms with Crippen molar-refractivity contribution in [3.63, 3.8) is 0 Å². The Hall–Kier alpha value is -1.36. The summed E-state index contributed by atoms with van der Waals surface area (Å²) >= 11 is 0. The molecule has 3 aliphatic rings. The first-order chi connectivity index (χ1) is 12.4. The summed E-state index contributed by atoms with van der Waals surface area (Å²) in [4.78, 5) is 2.35. The number of fused-ring (bicyclic) bond motifs is 3. The zero-order valence-electron chi connectivity index (χ0n) is 17.6. The molecule has 0 amide bonds. The number of hydrogen-bond acceptors (Lipinski definition) is 3. The van der Waals surface area contributed by atoms with Gasteiger partial charge in [0.25, 0.3) is 0 Å². The summed E-state index contributed by atoms with van der Waals surface area (Å²) in [6.45, 7) is 9.50. The Morgan fingerprint density at radius 2 is 1.42 bits per heavy atom. The molecular weight excluding hydrogens is 324 g/mol. The van der Waals surface area contributed by atoms with Gasteiger partial charge in [-0.25, -0.2) is 0 Å². The fourth-order valence-corrected chi connectivity index (χ4v) is 3.75. The Bertz CT molecular complexity index is 633. The number of para-hydroxylation sites is 1. The number of aromatic nitrogens is 1. The van der Waals surface area contributed by atoms with Gasteiger partial charge >= 0.3 is 0 Å². The molecule has 2 aliphatic heterocycles. The zero-order valence-corrected chi connectivity index (χ0v) is 17.6. The third-order valence-corrected chi connectivity index (χ3v) is 5.38. The smallest absolute Gasteiger partial charge is 0.162 e. The molecular formula is C22H38N2O2. The molecule has 2 atom stereocenters. The molecule has 1 aliphatic carbocycles. The van der Waals surface area contributed by atoms with Gasteiger partial charge in [0.15, 0.2) is 5.79 Å². The van der Waals surface area contributed by atoms with Crippen LogP contribution in [0.5, 0.6) is 0 Å². The van der Waals surface area contributed by atoms with Gasteiger partial charge in [-0.05, 0) is 50.8 Å². The molecule has 2 saturated heterocycles. The molecule has 0 spiro atoms. The van der Waals surface area contributed by atoms with Crippen molar-refractivity contribution in [1.29, 1.82) is 0 Å². The van der Waals surface area contributed by atoms with E-state index in [0.717, 1.165) is 12.8 Å². The highest BCUT2D eigenvalue weighted by Gasteiger charge is 2.47. The second-order valence-corrected chi connectivity index (χ2v) is 6.96. The summed E-state index contributed by atoms with van der Waals surface area (Å²) in [5, 5.41) is 20.1. The second-order valence-electron chi connectivity index (χ2n) is 6.96. The molecule has 4 heteroatoms. The van der Waals surface area contributed by atoms with Crippen molar-refractivity contribution in [3.8, 4) is 0 Å². The highest BCUT2D eigenvalue weighted by molar-refractivity contribution is 5.79. The first-order valence-corrected chi connectivity index (χ1v) is 10.0. The number of aliphatic hydroxyl groups is 2. The molecule has 3 fully saturated rings. The predicted octanol–water partition coefficient (Wildman–Crippen LogP) is 4.40. The van der Waals surface area contributed by atoms with Crippen LogP contribution in [0, 0.1) is 5.92 Å². The van der Waals surface area contributed by atoms with E-state index in [1.165, 1.54) is 24.2 Å². The van der Waals surface area contributed by atoms with Gasteiger partial charge in [-0.3, -0.25) is 0 Å². The minimum atomic E-state index is -1.46. The number of piperidine rings is 1. The van der Waals surface area contributed by atoms with Gasteiger partial charge in [0.1, 0.15) is 0 Å². The molecule has 4 nitrogen and oxygen atoms in total. The van der Waals surface area contributed by atoms with Gasteiger partial charge in [0, 0.05) is 36.8 Å². The maximum atomic E-state index is 9.40. The largest absolute Gasteiger partial charge is 0.366 e. The number of aryl methyl sites for hydroxylation is 1. The van der Waals surface area contributed by atoms with E-state index in [0.29, 0.717) is 12.1 Å². The van der Waals surface area contributed by atoms with Crippen LogP contribution in [0.3, 0.4) is 0 Å². The Kier molecular flexibility index (Phi) is 8.81. The fourth-order valence-electron chi connectivity index (χ4n) is 3.75. The molecule has 1 saturated carbocycles. The van der Waals surface area contributed by atoms with Crippen LogP contribution in [-0.2, 0) is 7.05 Å². The van der Waals surface area contributed by atoms with Crippen LogP contribution < -0.4 is 0 Å². The lowest BCUT2D eigenvalue weighted by Crippen LogP contribution is -2.61. The lowest BCUT2D eigenvalue weighted by Gasteiger charge is -2.55. The molecule has 1 aromatic carbocycles. The van der Waals surface area contributed by atoms with E-state index in [9.17, 15) is 10.2 Å². The lowest BCUT2D eigenvalue weighted by molar-refractivity contribution is -0.216. The molecule has 2 aromatic rings. The van der Waals surface area contributed by atoms with Crippen molar-refractivity contribution in [1.82, 2.24) is 9.47 Å². The maximum absolute atomic E-state index is 9.40. The Labute approximate surface area is 159 Å². The maximum Gasteiger partial charge on any atom is 0.162 e. The molecule has 2 N–H and O–H groups in total. The van der Waals surface area contributed by atoms with E-state index in [1.54, 1.807) is 0 Å². The highest BCUT2D eigenvalue weighted by Crippen LogP contribution is 2.43. The minimum absolute atomic E-state index is 0.0810. The third kappa shape index (κ3) is 5.32. The van der Waals surface area contributed by atoms with Crippen LogP contribution in [0.2, 0.25) is 0 Å². The molecule has 148 valence electrons. The number of hydrogen-bond donors (Lipinski definition) is 2. The molecule has 1 aromatic heterocycles. The second kappa shape index (κ2) is 10.1. The normalized spacial score (nSPS) is 24.1. The summed E-state index contributed by atoms with van der Waals surface area (Å²) in [7, 11) is 4.18. The highest BCUT2D eigenvalue weighted by atomic mass is 16.5. The summed E-state index contributed by atoms with van der Waals surface area (Å²) in [5.74, 6) is -1.38. The van der Waals surface area contributed by atoms with Crippen molar-refractivity contribution in [3.05, 3.63) is 36.5 Å². The quantitative estimate of drug-likeness (QED) is 0.739. The molecule has 0 radical (unpaired) electrons. The Morgan fingerprint density at radius 1 is 0.885 bits per heavy atom. The van der Waals surface area contributed by atoms with E-state index in [1.807, 2.05) is 27.7 Å². The van der Waals surface area contributed by atoms with Crippen LogP contribution in [0.1, 0.15) is 53.9 Å². The van der Waals surface area contributed by atoms with Crippen LogP contribution >= 0.6 is 0 Å². The van der Waals surface area contributed by atoms with Crippen LogP contribution in [-0.4, -0.2) is 44.6 Å². The van der Waals surface area contributed by atoms with Crippen LogP contribution in [0.4, 0.5) is 0 Å². The number of nitrogens with zero attached hydrogens (tertiary/aromatic N) is 2. The summed E-state index contributed by atoms with van der Waals surface area (Å²) < 4.78 is 2.12. The van der Waals surface area contributed by atoms with Crippen LogP contribution in [0.15, 0.2) is 36.5 Å². The van der Waals surface area contributed by atoms with E-state index in [4.69, 9.17) is 0 Å². The van der Waals surface area contributed by atoms with E-state index >= 15 is 0 Å². The van der Waals surface area contributed by atoms with Gasteiger partial charge in [-0.15, -0.1) is 0 Å². The molecule has 3 heterocycles. The standard InChI is InChI=1S/C9H17NO2.C9H9N.2C2H6/c1-9(11,12)6-3-7-5-8(4-6)10(7)2;1-10-7-6-8-4-2-3-5-9(8)10;2*1-2/h6-8,11-12H,3-5H2,1-2H3;2-7H,1H3;2*1-2H3. The van der Waals surface area contributed by atoms with E-state index < -0.39 is 5.79 Å². The number of benzene rings is 1. The third-order valence-electron chi connectivity index (χ3n) is 5.38. The van der Waals surface area contributed by atoms with Gasteiger partial charge in [0.05, 0.1) is 0 Å². The topological polar surface area (TPSA) is 48.6 Å². The molecule has 26 heavy (non-hydrogen) atoms. The Morgan fingerprint density at radius 3 is 1.88 bits per heavy atom. The average molecular weight is 363 g/mol. The summed E-state index contributed by atoms with van der Waals surface area (Å²) in [6.07, 6.45) is 5.21. The van der Waals surface area contributed by atoms with Crippen LogP contribution in [0.25, 0.3) is 10.9 Å². The van der Waals surface area contributed by atoms with Crippen molar-refractivity contribution in [2.75, 3.05) is 7.05 Å².